The summed E-state index contributed by atoms with van der Waals surface area (Å²) < 4.78 is 1.76. The van der Waals surface area contributed by atoms with Crippen molar-refractivity contribution in [2.75, 3.05) is 6.54 Å². The molecule has 0 aromatic heterocycles. The van der Waals surface area contributed by atoms with Crippen molar-refractivity contribution in [3.63, 3.8) is 0 Å². The van der Waals surface area contributed by atoms with E-state index < -0.39 is 0 Å². The van der Waals surface area contributed by atoms with Gasteiger partial charge in [-0.1, -0.05) is 6.92 Å². The molecule has 0 aliphatic heterocycles. The molecule has 0 unspecified atom stereocenters. The van der Waals surface area contributed by atoms with Crippen molar-refractivity contribution < 1.29 is 2.85 Å². The molecule has 0 saturated carbocycles. The van der Waals surface area contributed by atoms with Crippen LogP contribution < -0.4 is 0 Å². The number of halogens is 1. The molecule has 0 aliphatic carbocycles. The number of nitrogens with zero attached hydrogens (tertiary/aromatic N) is 1. The van der Waals surface area contributed by atoms with Crippen LogP contribution in [-0.4, -0.2) is 40.1 Å². The van der Waals surface area contributed by atoms with E-state index in [9.17, 15) is 0 Å². The van der Waals surface area contributed by atoms with Gasteiger partial charge in [-0.3, -0.25) is 0 Å². The Kier molecular flexibility index (Phi) is 9.03. The summed E-state index contributed by atoms with van der Waals surface area (Å²) in [7, 11) is 0. The first-order valence-electron chi connectivity index (χ1n) is 2.61. The molecule has 0 amide bonds. The Hall–Kier alpha value is 1.02. The molecule has 0 radical (unpaired) electrons. The Morgan fingerprint density at radius 3 is 2.00 bits per heavy atom. The molecular weight excluding hydrogens is 134 g/mol. The van der Waals surface area contributed by atoms with Gasteiger partial charge in [0.25, 0.3) is 0 Å². The standard InChI is InChI=1S/C5H12ClN.Mg.2H/c1-4-7(6)5(2)3;;;/h5H,4H2,1-3H3;;;/q;+2;2*-1. The first kappa shape index (κ1) is 11.8. The minimum Gasteiger partial charge on any atom is -1.00 e. The van der Waals surface area contributed by atoms with Crippen molar-refractivity contribution in [1.29, 1.82) is 0 Å². The van der Waals surface area contributed by atoms with Gasteiger partial charge in [-0.25, -0.2) is 4.42 Å². The molecule has 8 heavy (non-hydrogen) atoms. The predicted molar refractivity (Wildman–Crippen MR) is 41.3 cm³/mol. The van der Waals surface area contributed by atoms with Crippen LogP contribution in [0.2, 0.25) is 0 Å². The van der Waals surface area contributed by atoms with Gasteiger partial charge in [0.05, 0.1) is 0 Å². The molecule has 0 bridgehead atoms. The van der Waals surface area contributed by atoms with Crippen molar-refractivity contribution in [3.8, 4) is 0 Å². The smallest absolute Gasteiger partial charge is 1.00 e. The van der Waals surface area contributed by atoms with Crippen LogP contribution in [-0.2, 0) is 0 Å². The van der Waals surface area contributed by atoms with Crippen LogP contribution >= 0.6 is 11.8 Å². The van der Waals surface area contributed by atoms with Crippen LogP contribution in [0.4, 0.5) is 0 Å². The maximum Gasteiger partial charge on any atom is 2.00 e. The average molecular weight is 148 g/mol. The molecule has 0 spiro atoms. The predicted octanol–water partition coefficient (Wildman–Crippen LogP) is 1.71. The molecule has 0 fully saturated rings. The molecule has 0 aliphatic rings. The monoisotopic (exact) mass is 147 g/mol. The zero-order chi connectivity index (χ0) is 5.86. The van der Waals surface area contributed by atoms with E-state index in [-0.39, 0.29) is 25.9 Å². The quantitative estimate of drug-likeness (QED) is 0.425. The third-order valence-corrected chi connectivity index (χ3v) is 1.49. The first-order chi connectivity index (χ1) is 3.18. The van der Waals surface area contributed by atoms with Crippen LogP contribution in [0.5, 0.6) is 0 Å². The molecule has 0 saturated heterocycles. The van der Waals surface area contributed by atoms with Crippen LogP contribution in [0.15, 0.2) is 0 Å². The molecule has 0 rings (SSSR count). The van der Waals surface area contributed by atoms with Crippen molar-refractivity contribution in [3.05, 3.63) is 0 Å². The third-order valence-electron chi connectivity index (χ3n) is 0.862. The SMILES string of the molecule is CCN(Cl)C(C)C.[H-].[H-].[Mg+2]. The van der Waals surface area contributed by atoms with Gasteiger partial charge in [0.15, 0.2) is 0 Å². The Morgan fingerprint density at radius 2 is 2.00 bits per heavy atom. The Bertz CT molecular complexity index is 56.9. The largest absolute Gasteiger partial charge is 2.00 e. The fraction of sp³-hybridized carbons (Fsp3) is 1.00. The topological polar surface area (TPSA) is 3.24 Å². The number of rotatable bonds is 2. The summed E-state index contributed by atoms with van der Waals surface area (Å²) >= 11 is 5.63. The van der Waals surface area contributed by atoms with Gasteiger partial charge in [0.1, 0.15) is 0 Å². The molecular formula is C5H14ClMgN. The van der Waals surface area contributed by atoms with E-state index in [4.69, 9.17) is 11.8 Å². The van der Waals surface area contributed by atoms with Gasteiger partial charge in [-0.05, 0) is 25.6 Å². The fourth-order valence-electron chi connectivity index (χ4n) is 0.365. The Balaban J connectivity index is -0.0000000600. The number of hydrogen-bond donors (Lipinski definition) is 0. The Morgan fingerprint density at radius 1 is 1.62 bits per heavy atom. The van der Waals surface area contributed by atoms with Gasteiger partial charge < -0.3 is 2.85 Å². The minimum atomic E-state index is 0. The van der Waals surface area contributed by atoms with Crippen molar-refractivity contribution in [1.82, 2.24) is 4.42 Å². The molecule has 0 N–H and O–H groups in total. The van der Waals surface area contributed by atoms with Crippen molar-refractivity contribution >= 4 is 34.8 Å². The zero-order valence-electron chi connectivity index (χ0n) is 7.82. The van der Waals surface area contributed by atoms with E-state index >= 15 is 0 Å². The summed E-state index contributed by atoms with van der Waals surface area (Å²) in [4.78, 5) is 0. The van der Waals surface area contributed by atoms with Crippen LogP contribution in [0.3, 0.4) is 0 Å². The van der Waals surface area contributed by atoms with Gasteiger partial charge in [0.2, 0.25) is 0 Å². The summed E-state index contributed by atoms with van der Waals surface area (Å²) in [5.74, 6) is 0. The van der Waals surface area contributed by atoms with Crippen molar-refractivity contribution in [2.24, 2.45) is 0 Å². The molecule has 0 aromatic rings. The van der Waals surface area contributed by atoms with Crippen molar-refractivity contribution in [2.45, 2.75) is 26.8 Å². The number of hydrogen-bond acceptors (Lipinski definition) is 1. The van der Waals surface area contributed by atoms with E-state index in [1.54, 1.807) is 4.42 Å². The normalized spacial score (nSPS) is 9.75. The second-order valence-corrected chi connectivity index (χ2v) is 2.24. The molecule has 0 atom stereocenters. The van der Waals surface area contributed by atoms with Gasteiger partial charge >= 0.3 is 23.1 Å². The average Bonchev–Trinajstić information content (AvgIpc) is 1.65. The summed E-state index contributed by atoms with van der Waals surface area (Å²) in [6.07, 6.45) is 0. The summed E-state index contributed by atoms with van der Waals surface area (Å²) in [5, 5.41) is 0. The minimum absolute atomic E-state index is 0. The van der Waals surface area contributed by atoms with E-state index in [0.29, 0.717) is 6.04 Å². The zero-order valence-corrected chi connectivity index (χ0v) is 7.99. The van der Waals surface area contributed by atoms with Gasteiger partial charge in [-0.15, -0.1) is 0 Å². The molecule has 0 heterocycles. The first-order valence-corrected chi connectivity index (χ1v) is 2.94. The Labute approximate surface area is 75.6 Å². The fourth-order valence-corrected chi connectivity index (χ4v) is 0.365. The van der Waals surface area contributed by atoms with Crippen LogP contribution in [0.1, 0.15) is 23.6 Å². The van der Waals surface area contributed by atoms with E-state index in [1.807, 2.05) is 6.92 Å². The second-order valence-electron chi connectivity index (χ2n) is 1.81. The van der Waals surface area contributed by atoms with Gasteiger partial charge in [0, 0.05) is 12.6 Å². The summed E-state index contributed by atoms with van der Waals surface area (Å²) in [6, 6.07) is 0.465. The van der Waals surface area contributed by atoms with E-state index in [0.717, 1.165) is 6.54 Å². The van der Waals surface area contributed by atoms with Crippen LogP contribution in [0, 0.1) is 0 Å². The third kappa shape index (κ3) is 5.16. The summed E-state index contributed by atoms with van der Waals surface area (Å²) in [6.45, 7) is 7.08. The second kappa shape index (κ2) is 6.14. The molecule has 48 valence electrons. The van der Waals surface area contributed by atoms with E-state index in [2.05, 4.69) is 13.8 Å². The maximum atomic E-state index is 5.63. The molecule has 3 heteroatoms. The molecule has 1 nitrogen and oxygen atoms in total. The van der Waals surface area contributed by atoms with Crippen LogP contribution in [0.25, 0.3) is 0 Å². The maximum absolute atomic E-state index is 5.63. The van der Waals surface area contributed by atoms with E-state index in [1.165, 1.54) is 0 Å². The molecule has 0 aromatic carbocycles. The summed E-state index contributed by atoms with van der Waals surface area (Å²) in [5.41, 5.74) is 0. The van der Waals surface area contributed by atoms with Gasteiger partial charge in [-0.2, -0.15) is 0 Å².